The van der Waals surface area contributed by atoms with Gasteiger partial charge in [-0.1, -0.05) is 0 Å². The van der Waals surface area contributed by atoms with Gasteiger partial charge in [-0.25, -0.2) is 0 Å². The maximum atomic E-state index is 4.92. The van der Waals surface area contributed by atoms with Crippen LogP contribution in [0.25, 0.3) is 0 Å². The zero-order valence-corrected chi connectivity index (χ0v) is 3.56. The van der Waals surface area contributed by atoms with Gasteiger partial charge < -0.3 is 4.74 Å². The monoisotopic (exact) mass is 72.1 g/mol. The molecule has 1 nitrogen and oxygen atoms in total. The standard InChI is InChI=1S/C4H8O/c1-3-4(2)5-3/h3-4H,1-2H3/t3-,4?/m0/s1. The zero-order valence-electron chi connectivity index (χ0n) is 3.56. The molecule has 0 spiro atoms. The first kappa shape index (κ1) is 3.16. The van der Waals surface area contributed by atoms with Crippen molar-refractivity contribution in [3.05, 3.63) is 0 Å². The van der Waals surface area contributed by atoms with E-state index in [2.05, 4.69) is 13.8 Å². The molecule has 0 bridgehead atoms. The van der Waals surface area contributed by atoms with E-state index in [0.29, 0.717) is 12.2 Å². The van der Waals surface area contributed by atoms with E-state index in [-0.39, 0.29) is 0 Å². The van der Waals surface area contributed by atoms with E-state index in [9.17, 15) is 0 Å². The van der Waals surface area contributed by atoms with Crippen molar-refractivity contribution in [1.29, 1.82) is 0 Å². The van der Waals surface area contributed by atoms with Gasteiger partial charge in [0.1, 0.15) is 0 Å². The van der Waals surface area contributed by atoms with Crippen LogP contribution in [0.1, 0.15) is 13.8 Å². The van der Waals surface area contributed by atoms with Crippen molar-refractivity contribution in [2.24, 2.45) is 0 Å². The summed E-state index contributed by atoms with van der Waals surface area (Å²) in [5, 5.41) is 0. The van der Waals surface area contributed by atoms with Crippen LogP contribution in [0.15, 0.2) is 0 Å². The van der Waals surface area contributed by atoms with Crippen molar-refractivity contribution in [2.45, 2.75) is 26.1 Å². The van der Waals surface area contributed by atoms with E-state index in [4.69, 9.17) is 4.74 Å². The minimum absolute atomic E-state index is 0.551. The normalized spacial score (nSPS) is 49.2. The van der Waals surface area contributed by atoms with Crippen molar-refractivity contribution in [2.75, 3.05) is 0 Å². The summed E-state index contributed by atoms with van der Waals surface area (Å²) in [4.78, 5) is 0. The molecule has 1 aliphatic rings. The highest BCUT2D eigenvalue weighted by atomic mass is 16.6. The van der Waals surface area contributed by atoms with Crippen LogP contribution in [-0.2, 0) is 4.74 Å². The molecule has 0 aromatic carbocycles. The fraction of sp³-hybridized carbons (Fsp3) is 1.00. The SMILES string of the molecule is CC1O[C@H]1C. The van der Waals surface area contributed by atoms with E-state index in [0.717, 1.165) is 0 Å². The van der Waals surface area contributed by atoms with Crippen molar-refractivity contribution in [3.8, 4) is 0 Å². The Hall–Kier alpha value is -0.0400. The molecule has 0 amide bonds. The summed E-state index contributed by atoms with van der Waals surface area (Å²) in [6.45, 7) is 4.15. The largest absolute Gasteiger partial charge is 0.370 e. The molecule has 5 heavy (non-hydrogen) atoms. The molecule has 0 saturated carbocycles. The van der Waals surface area contributed by atoms with Crippen molar-refractivity contribution in [3.63, 3.8) is 0 Å². The lowest BCUT2D eigenvalue weighted by atomic mass is 10.4. The topological polar surface area (TPSA) is 12.5 Å². The van der Waals surface area contributed by atoms with Gasteiger partial charge in [-0.3, -0.25) is 0 Å². The van der Waals surface area contributed by atoms with Crippen LogP contribution in [0.3, 0.4) is 0 Å². The number of hydrogen-bond acceptors (Lipinski definition) is 1. The van der Waals surface area contributed by atoms with E-state index in [1.807, 2.05) is 0 Å². The molecule has 2 atom stereocenters. The van der Waals surface area contributed by atoms with Crippen molar-refractivity contribution >= 4 is 0 Å². The van der Waals surface area contributed by atoms with Gasteiger partial charge in [-0.2, -0.15) is 0 Å². The Bertz CT molecular complexity index is 36.9. The predicted octanol–water partition coefficient (Wildman–Crippen LogP) is 0.794. The molecule has 0 radical (unpaired) electrons. The van der Waals surface area contributed by atoms with Gasteiger partial charge in [0.25, 0.3) is 0 Å². The Balaban J connectivity index is 2.20. The fourth-order valence-electron chi connectivity index (χ4n) is 0.293. The molecule has 1 unspecified atom stereocenters. The first-order chi connectivity index (χ1) is 2.30. The van der Waals surface area contributed by atoms with Gasteiger partial charge in [0.05, 0.1) is 12.2 Å². The minimum Gasteiger partial charge on any atom is -0.370 e. The molecule has 1 heteroatoms. The Morgan fingerprint density at radius 1 is 1.20 bits per heavy atom. The van der Waals surface area contributed by atoms with Gasteiger partial charge in [-0.05, 0) is 13.8 Å². The van der Waals surface area contributed by atoms with E-state index in [1.165, 1.54) is 0 Å². The van der Waals surface area contributed by atoms with Crippen LogP contribution >= 0.6 is 0 Å². The Labute approximate surface area is 31.9 Å². The third-order valence-corrected chi connectivity index (χ3v) is 1.01. The number of rotatable bonds is 0. The number of hydrogen-bond donors (Lipinski definition) is 0. The van der Waals surface area contributed by atoms with Gasteiger partial charge >= 0.3 is 0 Å². The molecule has 0 aromatic heterocycles. The lowest BCUT2D eigenvalue weighted by Gasteiger charge is -1.57. The molecule has 1 fully saturated rings. The zero-order chi connectivity index (χ0) is 3.86. The number of ether oxygens (including phenoxy) is 1. The van der Waals surface area contributed by atoms with Gasteiger partial charge in [-0.15, -0.1) is 0 Å². The summed E-state index contributed by atoms with van der Waals surface area (Å²) in [7, 11) is 0. The second-order valence-electron chi connectivity index (χ2n) is 1.55. The summed E-state index contributed by atoms with van der Waals surface area (Å²) >= 11 is 0. The van der Waals surface area contributed by atoms with E-state index >= 15 is 0 Å². The molecular formula is C4H8O. The Morgan fingerprint density at radius 2 is 1.40 bits per heavy atom. The maximum Gasteiger partial charge on any atom is 0.0811 e. The van der Waals surface area contributed by atoms with Crippen LogP contribution in [0, 0.1) is 0 Å². The minimum atomic E-state index is 0.551. The molecule has 30 valence electrons. The first-order valence-corrected chi connectivity index (χ1v) is 1.96. The van der Waals surface area contributed by atoms with Crippen LogP contribution in [0.5, 0.6) is 0 Å². The summed E-state index contributed by atoms with van der Waals surface area (Å²) in [5.41, 5.74) is 0. The summed E-state index contributed by atoms with van der Waals surface area (Å²) in [6, 6.07) is 0. The molecular weight excluding hydrogens is 64.0 g/mol. The molecule has 1 saturated heterocycles. The smallest absolute Gasteiger partial charge is 0.0811 e. The summed E-state index contributed by atoms with van der Waals surface area (Å²) in [5.74, 6) is 0. The number of epoxide rings is 1. The first-order valence-electron chi connectivity index (χ1n) is 1.96. The van der Waals surface area contributed by atoms with Gasteiger partial charge in [0.15, 0.2) is 0 Å². The molecule has 1 aliphatic heterocycles. The highest BCUT2D eigenvalue weighted by molar-refractivity contribution is 4.73. The Kier molecular flexibility index (Phi) is 0.453. The molecule has 0 aliphatic carbocycles. The maximum absolute atomic E-state index is 4.92. The molecule has 1 rings (SSSR count). The molecule has 1 heterocycles. The van der Waals surface area contributed by atoms with Gasteiger partial charge in [0.2, 0.25) is 0 Å². The van der Waals surface area contributed by atoms with Crippen LogP contribution < -0.4 is 0 Å². The van der Waals surface area contributed by atoms with Crippen LogP contribution in [-0.4, -0.2) is 12.2 Å². The molecule has 0 N–H and O–H groups in total. The predicted molar refractivity (Wildman–Crippen MR) is 20.0 cm³/mol. The third-order valence-electron chi connectivity index (χ3n) is 1.01. The van der Waals surface area contributed by atoms with Crippen molar-refractivity contribution < 1.29 is 4.74 Å². The fourth-order valence-corrected chi connectivity index (χ4v) is 0.293. The van der Waals surface area contributed by atoms with E-state index < -0.39 is 0 Å². The van der Waals surface area contributed by atoms with Crippen molar-refractivity contribution in [1.82, 2.24) is 0 Å². The van der Waals surface area contributed by atoms with Crippen LogP contribution in [0.4, 0.5) is 0 Å². The summed E-state index contributed by atoms with van der Waals surface area (Å²) < 4.78 is 4.92. The average Bonchev–Trinajstić information content (AvgIpc) is 1.79. The average molecular weight is 72.1 g/mol. The highest BCUT2D eigenvalue weighted by Crippen LogP contribution is 2.18. The lowest BCUT2D eigenvalue weighted by Crippen LogP contribution is -1.74. The Morgan fingerprint density at radius 3 is 1.40 bits per heavy atom. The second-order valence-corrected chi connectivity index (χ2v) is 1.55. The molecule has 0 aromatic rings. The van der Waals surface area contributed by atoms with Gasteiger partial charge in [0, 0.05) is 0 Å². The van der Waals surface area contributed by atoms with E-state index in [1.54, 1.807) is 0 Å². The highest BCUT2D eigenvalue weighted by Gasteiger charge is 2.27. The van der Waals surface area contributed by atoms with Crippen LogP contribution in [0.2, 0.25) is 0 Å². The quantitative estimate of drug-likeness (QED) is 0.385. The summed E-state index contributed by atoms with van der Waals surface area (Å²) in [6.07, 6.45) is 1.10. The lowest BCUT2D eigenvalue weighted by molar-refractivity contribution is 0.389. The third kappa shape index (κ3) is 0.428. The second kappa shape index (κ2) is 0.716.